The van der Waals surface area contributed by atoms with E-state index >= 15 is 0 Å². The zero-order chi connectivity index (χ0) is 24.0. The van der Waals surface area contributed by atoms with E-state index in [1.54, 1.807) is 49.4 Å². The van der Waals surface area contributed by atoms with E-state index in [-0.39, 0.29) is 16.3 Å². The number of hydrogen-bond acceptors (Lipinski definition) is 5. The Morgan fingerprint density at radius 1 is 0.970 bits per heavy atom. The predicted molar refractivity (Wildman–Crippen MR) is 122 cm³/mol. The van der Waals surface area contributed by atoms with Crippen molar-refractivity contribution in [3.8, 4) is 0 Å². The molecule has 0 aliphatic rings. The molecule has 0 saturated heterocycles. The third-order valence-corrected chi connectivity index (χ3v) is 6.75. The number of hydrogen-bond donors (Lipinski definition) is 1. The van der Waals surface area contributed by atoms with Crippen molar-refractivity contribution in [2.24, 2.45) is 0 Å². The maximum atomic E-state index is 13.0. The molecule has 9 heteroatoms. The zero-order valence-corrected chi connectivity index (χ0v) is 18.9. The number of amides is 1. The molecule has 0 aliphatic carbocycles. The highest BCUT2D eigenvalue weighted by Gasteiger charge is 2.22. The maximum Gasteiger partial charge on any atom is 0.338 e. The second-order valence-electron chi connectivity index (χ2n) is 7.25. The quantitative estimate of drug-likeness (QED) is 0.507. The van der Waals surface area contributed by atoms with E-state index in [9.17, 15) is 22.4 Å². The van der Waals surface area contributed by atoms with Gasteiger partial charge in [-0.05, 0) is 61.0 Å². The van der Waals surface area contributed by atoms with Crippen LogP contribution in [0.2, 0.25) is 0 Å². The molecular formula is C24H23FN2O5S. The minimum atomic E-state index is -3.81. The van der Waals surface area contributed by atoms with Crippen molar-refractivity contribution < 1.29 is 27.1 Å². The van der Waals surface area contributed by atoms with Crippen molar-refractivity contribution in [1.29, 1.82) is 0 Å². The molecule has 1 amide bonds. The Labute approximate surface area is 191 Å². The van der Waals surface area contributed by atoms with Gasteiger partial charge >= 0.3 is 5.97 Å². The molecule has 172 valence electrons. The van der Waals surface area contributed by atoms with Gasteiger partial charge in [0.2, 0.25) is 0 Å². The summed E-state index contributed by atoms with van der Waals surface area (Å²) in [6.07, 6.45) is 0. The molecule has 1 atom stereocenters. The number of halogens is 1. The molecule has 33 heavy (non-hydrogen) atoms. The monoisotopic (exact) mass is 470 g/mol. The zero-order valence-electron chi connectivity index (χ0n) is 18.1. The highest BCUT2D eigenvalue weighted by molar-refractivity contribution is 7.92. The molecule has 1 N–H and O–H groups in total. The van der Waals surface area contributed by atoms with Gasteiger partial charge in [-0.2, -0.15) is 0 Å². The van der Waals surface area contributed by atoms with Crippen LogP contribution in [0.1, 0.15) is 28.9 Å². The lowest BCUT2D eigenvalue weighted by Crippen LogP contribution is -2.31. The molecule has 3 aromatic carbocycles. The third-order valence-electron chi connectivity index (χ3n) is 4.95. The Morgan fingerprint density at radius 3 is 2.18 bits per heavy atom. The van der Waals surface area contributed by atoms with Crippen molar-refractivity contribution in [1.82, 2.24) is 5.32 Å². The van der Waals surface area contributed by atoms with Crippen LogP contribution in [0.4, 0.5) is 10.1 Å². The van der Waals surface area contributed by atoms with Crippen LogP contribution in [0.25, 0.3) is 0 Å². The number of ether oxygens (including phenoxy) is 1. The van der Waals surface area contributed by atoms with Crippen LogP contribution in [-0.2, 0) is 19.6 Å². The second kappa shape index (κ2) is 10.3. The van der Waals surface area contributed by atoms with E-state index in [0.717, 1.165) is 4.31 Å². The Kier molecular flexibility index (Phi) is 7.44. The summed E-state index contributed by atoms with van der Waals surface area (Å²) >= 11 is 0. The number of esters is 1. The van der Waals surface area contributed by atoms with Crippen LogP contribution in [0.3, 0.4) is 0 Å². The predicted octanol–water partition coefficient (Wildman–Crippen LogP) is 3.69. The first-order valence-electron chi connectivity index (χ1n) is 10.0. The number of carbonyl (C=O) groups excluding carboxylic acids is 2. The lowest BCUT2D eigenvalue weighted by molar-refractivity contribution is -0.124. The van der Waals surface area contributed by atoms with Crippen molar-refractivity contribution >= 4 is 27.6 Å². The van der Waals surface area contributed by atoms with Gasteiger partial charge in [-0.15, -0.1) is 0 Å². The molecule has 0 aromatic heterocycles. The van der Waals surface area contributed by atoms with Crippen LogP contribution in [-0.4, -0.2) is 33.9 Å². The first-order valence-corrected chi connectivity index (χ1v) is 11.5. The summed E-state index contributed by atoms with van der Waals surface area (Å²) in [7, 11) is -2.37. The maximum absolute atomic E-state index is 13.0. The minimum Gasteiger partial charge on any atom is -0.452 e. The molecule has 3 aromatic rings. The summed E-state index contributed by atoms with van der Waals surface area (Å²) in [6.45, 7) is 1.21. The molecule has 0 radical (unpaired) electrons. The lowest BCUT2D eigenvalue weighted by atomic mass is 10.1. The second-order valence-corrected chi connectivity index (χ2v) is 9.22. The van der Waals surface area contributed by atoms with Gasteiger partial charge in [0.15, 0.2) is 6.61 Å². The van der Waals surface area contributed by atoms with Crippen LogP contribution in [0.15, 0.2) is 83.8 Å². The topological polar surface area (TPSA) is 92.8 Å². The number of nitrogens with one attached hydrogen (secondary N) is 1. The first-order chi connectivity index (χ1) is 15.7. The molecule has 0 saturated carbocycles. The summed E-state index contributed by atoms with van der Waals surface area (Å²) < 4.78 is 44.8. The van der Waals surface area contributed by atoms with Gasteiger partial charge in [0.05, 0.1) is 22.2 Å². The summed E-state index contributed by atoms with van der Waals surface area (Å²) in [5, 5.41) is 2.66. The Morgan fingerprint density at radius 2 is 1.58 bits per heavy atom. The van der Waals surface area contributed by atoms with Crippen LogP contribution in [0.5, 0.6) is 0 Å². The molecule has 0 unspecified atom stereocenters. The number of anilines is 1. The molecule has 3 rings (SSSR count). The summed E-state index contributed by atoms with van der Waals surface area (Å²) in [4.78, 5) is 24.3. The molecular weight excluding hydrogens is 447 g/mol. The average molecular weight is 471 g/mol. The largest absolute Gasteiger partial charge is 0.452 e. The van der Waals surface area contributed by atoms with Gasteiger partial charge < -0.3 is 10.1 Å². The van der Waals surface area contributed by atoms with Gasteiger partial charge in [-0.3, -0.25) is 9.10 Å². The van der Waals surface area contributed by atoms with Gasteiger partial charge in [0.1, 0.15) is 5.82 Å². The van der Waals surface area contributed by atoms with E-state index in [4.69, 9.17) is 4.74 Å². The number of sulfonamides is 1. The van der Waals surface area contributed by atoms with E-state index in [1.165, 1.54) is 43.4 Å². The van der Waals surface area contributed by atoms with Gasteiger partial charge in [-0.1, -0.05) is 30.3 Å². The first kappa shape index (κ1) is 23.9. The van der Waals surface area contributed by atoms with Crippen LogP contribution < -0.4 is 9.62 Å². The number of benzene rings is 3. The fourth-order valence-corrected chi connectivity index (χ4v) is 4.23. The van der Waals surface area contributed by atoms with E-state index in [0.29, 0.717) is 11.3 Å². The summed E-state index contributed by atoms with van der Waals surface area (Å²) in [6, 6.07) is 19.2. The van der Waals surface area contributed by atoms with E-state index in [2.05, 4.69) is 5.32 Å². The molecule has 7 nitrogen and oxygen atoms in total. The van der Waals surface area contributed by atoms with E-state index < -0.39 is 34.5 Å². The summed E-state index contributed by atoms with van der Waals surface area (Å²) in [5.41, 5.74) is 1.31. The fourth-order valence-electron chi connectivity index (χ4n) is 3.03. The average Bonchev–Trinajstić information content (AvgIpc) is 2.83. The summed E-state index contributed by atoms with van der Waals surface area (Å²) in [5.74, 6) is -1.67. The lowest BCUT2D eigenvalue weighted by Gasteiger charge is -2.19. The van der Waals surface area contributed by atoms with Crippen molar-refractivity contribution in [2.45, 2.75) is 17.9 Å². The van der Waals surface area contributed by atoms with Crippen LogP contribution >= 0.6 is 0 Å². The van der Waals surface area contributed by atoms with Gasteiger partial charge in [0.25, 0.3) is 15.9 Å². The van der Waals surface area contributed by atoms with Crippen molar-refractivity contribution in [3.63, 3.8) is 0 Å². The Bertz CT molecular complexity index is 1210. The number of rotatable bonds is 8. The molecule has 0 heterocycles. The molecule has 0 aliphatic heterocycles. The Hall–Kier alpha value is -3.72. The van der Waals surface area contributed by atoms with Crippen molar-refractivity contribution in [2.75, 3.05) is 18.0 Å². The Balaban J connectivity index is 1.57. The third kappa shape index (κ3) is 5.95. The minimum absolute atomic E-state index is 0.0104. The normalized spacial score (nSPS) is 12.0. The standard InChI is InChI=1S/C24H23FN2O5S/c1-17(18-8-12-20(25)13-9-18)26-23(28)16-32-24(29)19-10-14-22(15-11-19)33(30,31)27(2)21-6-4-3-5-7-21/h3-15,17H,16H2,1-2H3,(H,26,28)/t17-/m1/s1. The van der Waals surface area contributed by atoms with Crippen LogP contribution in [0, 0.1) is 5.82 Å². The molecule has 0 bridgehead atoms. The number of para-hydroxylation sites is 1. The molecule has 0 fully saturated rings. The number of nitrogens with zero attached hydrogens (tertiary/aromatic N) is 1. The SMILES string of the molecule is C[C@@H](NC(=O)COC(=O)c1ccc(S(=O)(=O)N(C)c2ccccc2)cc1)c1ccc(F)cc1. The highest BCUT2D eigenvalue weighted by atomic mass is 32.2. The van der Waals surface area contributed by atoms with Crippen molar-refractivity contribution in [3.05, 3.63) is 95.8 Å². The highest BCUT2D eigenvalue weighted by Crippen LogP contribution is 2.22. The smallest absolute Gasteiger partial charge is 0.338 e. The fraction of sp³-hybridized carbons (Fsp3) is 0.167. The number of carbonyl (C=O) groups is 2. The van der Waals surface area contributed by atoms with Gasteiger partial charge in [-0.25, -0.2) is 17.6 Å². The van der Waals surface area contributed by atoms with E-state index in [1.807, 2.05) is 0 Å². The molecule has 0 spiro atoms. The van der Waals surface area contributed by atoms with Gasteiger partial charge in [0, 0.05) is 7.05 Å².